The molecule has 0 saturated heterocycles. The summed E-state index contributed by atoms with van der Waals surface area (Å²) in [6.45, 7) is 4.34. The highest BCUT2D eigenvalue weighted by Gasteiger charge is 2.17. The summed E-state index contributed by atoms with van der Waals surface area (Å²) in [5.41, 5.74) is 9.53. The zero-order valence-corrected chi connectivity index (χ0v) is 11.1. The second kappa shape index (κ2) is 5.45. The number of rotatable bonds is 5. The number of nitrogen functional groups attached to an aromatic ring is 1. The number of anilines is 1. The van der Waals surface area contributed by atoms with Gasteiger partial charge in [-0.3, -0.25) is 4.90 Å². The molecule has 4 nitrogen and oxygen atoms in total. The van der Waals surface area contributed by atoms with Crippen LogP contribution in [-0.4, -0.2) is 21.0 Å². The molecule has 2 N–H and O–H groups in total. The predicted molar refractivity (Wildman–Crippen MR) is 76.4 cm³/mol. The number of nitrogens with zero attached hydrogens (tertiary/aromatic N) is 3. The Bertz CT molecular complexity index is 533. The van der Waals surface area contributed by atoms with E-state index in [0.717, 1.165) is 31.9 Å². The molecule has 0 saturated carbocycles. The number of aryl methyl sites for hydroxylation is 1. The van der Waals surface area contributed by atoms with Crippen molar-refractivity contribution in [2.75, 3.05) is 12.3 Å². The van der Waals surface area contributed by atoms with Gasteiger partial charge in [-0.1, -0.05) is 6.07 Å². The third kappa shape index (κ3) is 2.96. The Labute approximate surface area is 113 Å². The molecule has 0 radical (unpaired) electrons. The highest BCUT2D eigenvalue weighted by Crippen LogP contribution is 2.24. The first kappa shape index (κ1) is 12.2. The van der Waals surface area contributed by atoms with Gasteiger partial charge < -0.3 is 10.3 Å². The van der Waals surface area contributed by atoms with Crippen molar-refractivity contribution >= 4 is 5.69 Å². The molecule has 0 atom stereocenters. The number of hydrogen-bond donors (Lipinski definition) is 1. The van der Waals surface area contributed by atoms with Crippen LogP contribution in [0.2, 0.25) is 0 Å². The molecule has 0 bridgehead atoms. The molecule has 19 heavy (non-hydrogen) atoms. The number of imidazole rings is 1. The van der Waals surface area contributed by atoms with Gasteiger partial charge in [-0.15, -0.1) is 0 Å². The second-order valence-electron chi connectivity index (χ2n) is 5.25. The molecule has 0 unspecified atom stereocenters. The van der Waals surface area contributed by atoms with Crippen molar-refractivity contribution in [3.05, 3.63) is 48.0 Å². The summed E-state index contributed by atoms with van der Waals surface area (Å²) in [5.74, 6) is 0. The molecule has 0 amide bonds. The molecular weight excluding hydrogens is 236 g/mol. The molecule has 0 aliphatic carbocycles. The minimum atomic E-state index is 0.876. The molecule has 2 aromatic rings. The van der Waals surface area contributed by atoms with Crippen molar-refractivity contribution in [3.8, 4) is 0 Å². The van der Waals surface area contributed by atoms with Crippen molar-refractivity contribution < 1.29 is 0 Å². The Balaban J connectivity index is 1.43. The lowest BCUT2D eigenvalue weighted by molar-refractivity contribution is 0.275. The fraction of sp³-hybridized carbons (Fsp3) is 0.400. The SMILES string of the molecule is Nc1ccc2c(c1)CN(CCCCn1ccnc1)C2. The van der Waals surface area contributed by atoms with Crippen molar-refractivity contribution in [1.82, 2.24) is 14.5 Å². The number of benzene rings is 1. The lowest BCUT2D eigenvalue weighted by Gasteiger charge is -2.14. The van der Waals surface area contributed by atoms with Crippen molar-refractivity contribution in [3.63, 3.8) is 0 Å². The molecule has 0 spiro atoms. The first-order chi connectivity index (χ1) is 9.31. The molecule has 1 aromatic carbocycles. The molecule has 100 valence electrons. The molecule has 2 heterocycles. The van der Waals surface area contributed by atoms with E-state index in [9.17, 15) is 0 Å². The summed E-state index contributed by atoms with van der Waals surface area (Å²) in [5, 5.41) is 0. The molecule has 1 aliphatic rings. The van der Waals surface area contributed by atoms with Crippen LogP contribution < -0.4 is 5.73 Å². The number of fused-ring (bicyclic) bond motifs is 1. The third-order valence-electron chi connectivity index (χ3n) is 3.72. The van der Waals surface area contributed by atoms with E-state index in [0.29, 0.717) is 0 Å². The summed E-state index contributed by atoms with van der Waals surface area (Å²) < 4.78 is 2.14. The maximum absolute atomic E-state index is 5.82. The van der Waals surface area contributed by atoms with E-state index in [4.69, 9.17) is 5.73 Å². The van der Waals surface area contributed by atoms with Gasteiger partial charge in [0.25, 0.3) is 0 Å². The van der Waals surface area contributed by atoms with Crippen LogP contribution >= 0.6 is 0 Å². The minimum absolute atomic E-state index is 0.876. The van der Waals surface area contributed by atoms with Gasteiger partial charge in [-0.2, -0.15) is 0 Å². The molecule has 4 heteroatoms. The summed E-state index contributed by atoms with van der Waals surface area (Å²) >= 11 is 0. The number of hydrogen-bond acceptors (Lipinski definition) is 3. The van der Waals surface area contributed by atoms with Gasteiger partial charge in [0, 0.05) is 37.7 Å². The van der Waals surface area contributed by atoms with Crippen molar-refractivity contribution in [1.29, 1.82) is 0 Å². The fourth-order valence-electron chi connectivity index (χ4n) is 2.69. The average molecular weight is 256 g/mol. The Kier molecular flexibility index (Phi) is 3.51. The van der Waals surface area contributed by atoms with Gasteiger partial charge in [0.05, 0.1) is 6.33 Å². The van der Waals surface area contributed by atoms with Gasteiger partial charge in [0.15, 0.2) is 0 Å². The van der Waals surface area contributed by atoms with Crippen LogP contribution in [0.25, 0.3) is 0 Å². The fourth-order valence-corrected chi connectivity index (χ4v) is 2.69. The first-order valence-corrected chi connectivity index (χ1v) is 6.86. The molecule has 1 aromatic heterocycles. The van der Waals surface area contributed by atoms with Crippen molar-refractivity contribution in [2.45, 2.75) is 32.5 Å². The molecule has 3 rings (SSSR count). The molecular formula is C15H20N4. The lowest BCUT2D eigenvalue weighted by Crippen LogP contribution is -2.18. The summed E-state index contributed by atoms with van der Waals surface area (Å²) in [6, 6.07) is 6.28. The first-order valence-electron chi connectivity index (χ1n) is 6.86. The van der Waals surface area contributed by atoms with Crippen LogP contribution in [0.1, 0.15) is 24.0 Å². The summed E-state index contributed by atoms with van der Waals surface area (Å²) in [7, 11) is 0. The van der Waals surface area contributed by atoms with Crippen LogP contribution in [0.5, 0.6) is 0 Å². The quantitative estimate of drug-likeness (QED) is 0.659. The van der Waals surface area contributed by atoms with Gasteiger partial charge in [-0.25, -0.2) is 4.98 Å². The Morgan fingerprint density at radius 3 is 2.79 bits per heavy atom. The average Bonchev–Trinajstić information content (AvgIpc) is 3.02. The second-order valence-corrected chi connectivity index (χ2v) is 5.25. The maximum Gasteiger partial charge on any atom is 0.0945 e. The van der Waals surface area contributed by atoms with Gasteiger partial charge >= 0.3 is 0 Å². The normalized spacial score (nSPS) is 14.7. The Morgan fingerprint density at radius 1 is 1.11 bits per heavy atom. The topological polar surface area (TPSA) is 47.1 Å². The monoisotopic (exact) mass is 256 g/mol. The molecule has 0 fully saturated rings. The van der Waals surface area contributed by atoms with Crippen LogP contribution in [0.4, 0.5) is 5.69 Å². The highest BCUT2D eigenvalue weighted by molar-refractivity contribution is 5.46. The highest BCUT2D eigenvalue weighted by atomic mass is 15.1. The lowest BCUT2D eigenvalue weighted by atomic mass is 10.1. The maximum atomic E-state index is 5.82. The van der Waals surface area contributed by atoms with E-state index in [1.54, 1.807) is 0 Å². The van der Waals surface area contributed by atoms with Crippen LogP contribution in [0, 0.1) is 0 Å². The van der Waals surface area contributed by atoms with E-state index in [2.05, 4.69) is 26.6 Å². The predicted octanol–water partition coefficient (Wildman–Crippen LogP) is 2.26. The zero-order chi connectivity index (χ0) is 13.1. The van der Waals surface area contributed by atoms with Gasteiger partial charge in [-0.05, 0) is 42.6 Å². The van der Waals surface area contributed by atoms with E-state index in [1.165, 1.54) is 24.0 Å². The van der Waals surface area contributed by atoms with Crippen LogP contribution in [0.15, 0.2) is 36.9 Å². The number of unbranched alkanes of at least 4 members (excludes halogenated alkanes) is 1. The van der Waals surface area contributed by atoms with Crippen LogP contribution in [0.3, 0.4) is 0 Å². The van der Waals surface area contributed by atoms with Gasteiger partial charge in [0.2, 0.25) is 0 Å². The number of nitrogens with two attached hydrogens (primary N) is 1. The standard InChI is InChI=1S/C15H20N4/c16-15-4-3-13-10-19(11-14(13)9-15)7-2-1-6-18-8-5-17-12-18/h3-5,8-9,12H,1-2,6-7,10-11,16H2. The smallest absolute Gasteiger partial charge is 0.0945 e. The van der Waals surface area contributed by atoms with E-state index >= 15 is 0 Å². The summed E-state index contributed by atoms with van der Waals surface area (Å²) in [4.78, 5) is 6.55. The van der Waals surface area contributed by atoms with Gasteiger partial charge in [0.1, 0.15) is 0 Å². The van der Waals surface area contributed by atoms with E-state index < -0.39 is 0 Å². The zero-order valence-electron chi connectivity index (χ0n) is 11.1. The van der Waals surface area contributed by atoms with Crippen LogP contribution in [-0.2, 0) is 19.6 Å². The molecule has 1 aliphatic heterocycles. The largest absolute Gasteiger partial charge is 0.399 e. The summed E-state index contributed by atoms with van der Waals surface area (Å²) in [6.07, 6.45) is 8.16. The third-order valence-corrected chi connectivity index (χ3v) is 3.72. The minimum Gasteiger partial charge on any atom is -0.399 e. The van der Waals surface area contributed by atoms with Crippen molar-refractivity contribution in [2.24, 2.45) is 0 Å². The Hall–Kier alpha value is -1.81. The number of aromatic nitrogens is 2. The Morgan fingerprint density at radius 2 is 1.95 bits per heavy atom. The van der Waals surface area contributed by atoms with E-state index in [-0.39, 0.29) is 0 Å². The van der Waals surface area contributed by atoms with E-state index in [1.807, 2.05) is 24.8 Å².